The molecule has 6 heteroatoms. The van der Waals surface area contributed by atoms with Crippen LogP contribution in [0.15, 0.2) is 42.5 Å². The van der Waals surface area contributed by atoms with E-state index in [0.29, 0.717) is 11.0 Å². The zero-order valence-corrected chi connectivity index (χ0v) is 11.7. The maximum absolute atomic E-state index is 11.4. The molecule has 0 spiro atoms. The number of aromatic carboxylic acids is 1. The fourth-order valence-electron chi connectivity index (χ4n) is 2.33. The molecule has 1 aromatic heterocycles. The van der Waals surface area contributed by atoms with Gasteiger partial charge in [-0.25, -0.2) is 9.48 Å². The predicted molar refractivity (Wildman–Crippen MR) is 80.2 cm³/mol. The van der Waals surface area contributed by atoms with Crippen LogP contribution in [0.4, 0.5) is 5.69 Å². The fourth-order valence-corrected chi connectivity index (χ4v) is 2.33. The quantitative estimate of drug-likeness (QED) is 0.797. The molecule has 0 atom stereocenters. The number of fused-ring (bicyclic) bond motifs is 1. The lowest BCUT2D eigenvalue weighted by Gasteiger charge is -2.17. The van der Waals surface area contributed by atoms with Crippen LogP contribution < -0.4 is 4.90 Å². The first-order valence-corrected chi connectivity index (χ1v) is 6.44. The molecule has 3 rings (SSSR count). The molecule has 0 unspecified atom stereocenters. The summed E-state index contributed by atoms with van der Waals surface area (Å²) in [7, 11) is 3.85. The smallest absolute Gasteiger partial charge is 0.337 e. The number of carboxylic acid groups (broad SMARTS) is 1. The zero-order valence-electron chi connectivity index (χ0n) is 11.7. The number of benzene rings is 2. The van der Waals surface area contributed by atoms with E-state index in [0.717, 1.165) is 11.4 Å². The van der Waals surface area contributed by atoms with Crippen molar-refractivity contribution in [2.24, 2.45) is 0 Å². The number of rotatable bonds is 3. The lowest BCUT2D eigenvalue weighted by molar-refractivity contribution is 0.0698. The van der Waals surface area contributed by atoms with Gasteiger partial charge >= 0.3 is 5.97 Å². The van der Waals surface area contributed by atoms with Crippen LogP contribution in [-0.2, 0) is 0 Å². The highest BCUT2D eigenvalue weighted by atomic mass is 16.4. The molecule has 3 aromatic rings. The van der Waals surface area contributed by atoms with Gasteiger partial charge in [0.2, 0.25) is 0 Å². The Hall–Kier alpha value is -2.89. The predicted octanol–water partition coefficient (Wildman–Crippen LogP) is 2.18. The maximum atomic E-state index is 11.4. The van der Waals surface area contributed by atoms with Crippen LogP contribution in [0.5, 0.6) is 0 Å². The van der Waals surface area contributed by atoms with Crippen LogP contribution in [0.1, 0.15) is 10.4 Å². The van der Waals surface area contributed by atoms with Crippen LogP contribution in [0.2, 0.25) is 0 Å². The van der Waals surface area contributed by atoms with E-state index in [4.69, 9.17) is 0 Å². The van der Waals surface area contributed by atoms with Crippen molar-refractivity contribution in [1.82, 2.24) is 15.0 Å². The van der Waals surface area contributed by atoms with E-state index in [-0.39, 0.29) is 5.56 Å². The largest absolute Gasteiger partial charge is 0.478 e. The third kappa shape index (κ3) is 2.10. The van der Waals surface area contributed by atoms with E-state index < -0.39 is 5.97 Å². The normalized spacial score (nSPS) is 10.8. The topological polar surface area (TPSA) is 71.2 Å². The average Bonchev–Trinajstić information content (AvgIpc) is 2.90. The van der Waals surface area contributed by atoms with Gasteiger partial charge in [0.25, 0.3) is 0 Å². The minimum Gasteiger partial charge on any atom is -0.478 e. The Kier molecular flexibility index (Phi) is 3.06. The first-order valence-electron chi connectivity index (χ1n) is 6.44. The molecule has 0 aliphatic rings. The van der Waals surface area contributed by atoms with E-state index in [2.05, 4.69) is 10.3 Å². The van der Waals surface area contributed by atoms with Gasteiger partial charge in [0, 0.05) is 14.1 Å². The molecule has 1 N–H and O–H groups in total. The second kappa shape index (κ2) is 4.90. The highest BCUT2D eigenvalue weighted by molar-refractivity contribution is 6.01. The summed E-state index contributed by atoms with van der Waals surface area (Å²) in [6.07, 6.45) is 0. The van der Waals surface area contributed by atoms with Gasteiger partial charge in [-0.05, 0) is 24.3 Å². The van der Waals surface area contributed by atoms with Crippen molar-refractivity contribution >= 4 is 22.7 Å². The van der Waals surface area contributed by atoms with Gasteiger partial charge in [-0.2, -0.15) is 0 Å². The number of nitrogens with zero attached hydrogens (tertiary/aromatic N) is 4. The number of hydrogen-bond donors (Lipinski definition) is 1. The second-order valence-electron chi connectivity index (χ2n) is 4.86. The van der Waals surface area contributed by atoms with Crippen LogP contribution in [0.25, 0.3) is 16.7 Å². The van der Waals surface area contributed by atoms with Crippen molar-refractivity contribution in [3.05, 3.63) is 48.0 Å². The van der Waals surface area contributed by atoms with Crippen molar-refractivity contribution in [3.8, 4) is 5.69 Å². The summed E-state index contributed by atoms with van der Waals surface area (Å²) in [6.45, 7) is 0. The van der Waals surface area contributed by atoms with E-state index in [1.165, 1.54) is 0 Å². The summed E-state index contributed by atoms with van der Waals surface area (Å²) >= 11 is 0. The number of para-hydroxylation sites is 3. The van der Waals surface area contributed by atoms with Gasteiger partial charge in [-0.3, -0.25) is 0 Å². The standard InChI is InChI=1S/C15H14N4O2/c1-18(2)12-8-3-4-9-13(12)19-14-10(15(20)21)6-5-7-11(14)16-17-19/h3-9H,1-2H3,(H,20,21). The van der Waals surface area contributed by atoms with E-state index in [1.54, 1.807) is 22.9 Å². The summed E-state index contributed by atoms with van der Waals surface area (Å²) in [5.74, 6) is -0.994. The second-order valence-corrected chi connectivity index (χ2v) is 4.86. The van der Waals surface area contributed by atoms with Crippen LogP contribution in [-0.4, -0.2) is 40.2 Å². The Labute approximate surface area is 121 Å². The Morgan fingerprint density at radius 1 is 1.14 bits per heavy atom. The van der Waals surface area contributed by atoms with E-state index in [1.807, 2.05) is 43.3 Å². The van der Waals surface area contributed by atoms with Gasteiger partial charge in [0.1, 0.15) is 11.0 Å². The zero-order chi connectivity index (χ0) is 15.0. The van der Waals surface area contributed by atoms with Crippen molar-refractivity contribution in [2.75, 3.05) is 19.0 Å². The molecule has 0 saturated carbocycles. The average molecular weight is 282 g/mol. The Morgan fingerprint density at radius 3 is 2.62 bits per heavy atom. The van der Waals surface area contributed by atoms with Crippen LogP contribution >= 0.6 is 0 Å². The summed E-state index contributed by atoms with van der Waals surface area (Å²) < 4.78 is 1.58. The first-order chi connectivity index (χ1) is 10.1. The summed E-state index contributed by atoms with van der Waals surface area (Å²) in [4.78, 5) is 13.4. The van der Waals surface area contributed by atoms with E-state index in [9.17, 15) is 9.90 Å². The third-order valence-corrected chi connectivity index (χ3v) is 3.29. The van der Waals surface area contributed by atoms with Crippen LogP contribution in [0.3, 0.4) is 0 Å². The molecule has 2 aromatic carbocycles. The maximum Gasteiger partial charge on any atom is 0.337 e. The molecule has 21 heavy (non-hydrogen) atoms. The van der Waals surface area contributed by atoms with Crippen molar-refractivity contribution in [3.63, 3.8) is 0 Å². The molecule has 106 valence electrons. The Bertz CT molecular complexity index is 823. The molecular formula is C15H14N4O2. The van der Waals surface area contributed by atoms with Crippen molar-refractivity contribution in [2.45, 2.75) is 0 Å². The highest BCUT2D eigenvalue weighted by Crippen LogP contribution is 2.26. The lowest BCUT2D eigenvalue weighted by atomic mass is 10.1. The molecule has 0 aliphatic heterocycles. The molecule has 0 fully saturated rings. The monoisotopic (exact) mass is 282 g/mol. The summed E-state index contributed by atoms with van der Waals surface area (Å²) in [6, 6.07) is 12.6. The van der Waals surface area contributed by atoms with Crippen molar-refractivity contribution in [1.29, 1.82) is 0 Å². The fraction of sp³-hybridized carbons (Fsp3) is 0.133. The van der Waals surface area contributed by atoms with Crippen LogP contribution in [0, 0.1) is 0 Å². The number of aromatic nitrogens is 3. The molecule has 0 radical (unpaired) electrons. The van der Waals surface area contributed by atoms with Gasteiger partial charge in [0.15, 0.2) is 0 Å². The van der Waals surface area contributed by atoms with Gasteiger partial charge in [0.05, 0.1) is 16.9 Å². The molecule has 0 bridgehead atoms. The van der Waals surface area contributed by atoms with Crippen molar-refractivity contribution < 1.29 is 9.90 Å². The SMILES string of the molecule is CN(C)c1ccccc1-n1nnc2cccc(C(=O)O)c21. The van der Waals surface area contributed by atoms with E-state index >= 15 is 0 Å². The van der Waals surface area contributed by atoms with Gasteiger partial charge in [-0.1, -0.05) is 23.4 Å². The molecule has 0 saturated heterocycles. The first kappa shape index (κ1) is 13.1. The minimum atomic E-state index is -0.994. The lowest BCUT2D eigenvalue weighted by Crippen LogP contribution is -2.13. The Balaban J connectivity index is 2.34. The number of carbonyl (C=O) groups is 1. The Morgan fingerprint density at radius 2 is 1.90 bits per heavy atom. The summed E-state index contributed by atoms with van der Waals surface area (Å²) in [5.41, 5.74) is 2.97. The molecular weight excluding hydrogens is 268 g/mol. The number of hydrogen-bond acceptors (Lipinski definition) is 4. The van der Waals surface area contributed by atoms with Gasteiger partial charge in [-0.15, -0.1) is 5.10 Å². The minimum absolute atomic E-state index is 0.186. The molecule has 0 aliphatic carbocycles. The third-order valence-electron chi connectivity index (χ3n) is 3.29. The molecule has 1 heterocycles. The number of carboxylic acids is 1. The number of anilines is 1. The molecule has 6 nitrogen and oxygen atoms in total. The summed E-state index contributed by atoms with van der Waals surface area (Å²) in [5, 5.41) is 17.6. The molecule has 0 amide bonds. The van der Waals surface area contributed by atoms with Gasteiger partial charge < -0.3 is 10.0 Å². The highest BCUT2D eigenvalue weighted by Gasteiger charge is 2.17.